The molecule has 11 aromatic rings. The lowest BCUT2D eigenvalue weighted by Gasteiger charge is -2.30. The van der Waals surface area contributed by atoms with Gasteiger partial charge in [0.2, 0.25) is 0 Å². The van der Waals surface area contributed by atoms with Crippen LogP contribution in [0.1, 0.15) is 47.2 Å². The Morgan fingerprint density at radius 3 is 1.03 bits per heavy atom. The highest BCUT2D eigenvalue weighted by Gasteiger charge is 2.52. The van der Waals surface area contributed by atoms with E-state index in [0.717, 1.165) is 17.1 Å². The second-order valence-electron chi connectivity index (χ2n) is 19.9. The minimum Gasteiger partial charge on any atom is -0.311 e. The van der Waals surface area contributed by atoms with Crippen LogP contribution >= 0.6 is 0 Å². The highest BCUT2D eigenvalue weighted by Crippen LogP contribution is 2.64. The van der Waals surface area contributed by atoms with E-state index in [0.29, 0.717) is 0 Å². The van der Waals surface area contributed by atoms with Gasteiger partial charge in [-0.15, -0.1) is 0 Å². The summed E-state index contributed by atoms with van der Waals surface area (Å²) in [6, 6.07) is 96.9. The number of nitrogens with zero attached hydrogens (tertiary/aromatic N) is 1. The van der Waals surface area contributed by atoms with Crippen molar-refractivity contribution in [1.82, 2.24) is 0 Å². The first-order chi connectivity index (χ1) is 35.0. The average molecular weight is 904 g/mol. The minimum absolute atomic E-state index is 0.0566. The molecule has 0 aromatic heterocycles. The molecular formula is C70H49N. The highest BCUT2D eigenvalue weighted by atomic mass is 15.1. The van der Waals surface area contributed by atoms with Crippen molar-refractivity contribution in [3.8, 4) is 77.9 Å². The maximum Gasteiger partial charge on any atom is 0.0725 e. The fourth-order valence-electron chi connectivity index (χ4n) is 12.7. The summed E-state index contributed by atoms with van der Waals surface area (Å²) in [5.41, 5.74) is 28.8. The van der Waals surface area contributed by atoms with E-state index in [9.17, 15) is 0 Å². The normalized spacial score (nSPS) is 13.7. The Hall–Kier alpha value is -8.78. The van der Waals surface area contributed by atoms with Gasteiger partial charge in [-0.3, -0.25) is 0 Å². The molecule has 1 heteroatoms. The number of benzene rings is 11. The lowest BCUT2D eigenvalue weighted by Crippen LogP contribution is -2.25. The largest absolute Gasteiger partial charge is 0.311 e. The van der Waals surface area contributed by atoms with E-state index >= 15 is 0 Å². The van der Waals surface area contributed by atoms with E-state index in [1.807, 2.05) is 0 Å². The molecule has 334 valence electrons. The summed E-state index contributed by atoms with van der Waals surface area (Å²) in [6.45, 7) is 4.71. The van der Waals surface area contributed by atoms with Crippen LogP contribution in [0, 0.1) is 0 Å². The molecule has 3 aliphatic carbocycles. The Balaban J connectivity index is 0.869. The van der Waals surface area contributed by atoms with Crippen LogP contribution in [0.25, 0.3) is 77.9 Å². The van der Waals surface area contributed by atoms with Crippen molar-refractivity contribution >= 4 is 17.1 Å². The van der Waals surface area contributed by atoms with Crippen molar-refractivity contribution in [3.05, 3.63) is 294 Å². The van der Waals surface area contributed by atoms with Crippen LogP contribution in [0.3, 0.4) is 0 Å². The molecule has 1 spiro atoms. The topological polar surface area (TPSA) is 3.24 Å². The molecule has 11 aromatic carbocycles. The molecule has 0 atom stereocenters. The monoisotopic (exact) mass is 903 g/mol. The summed E-state index contributed by atoms with van der Waals surface area (Å²) in [6.07, 6.45) is 0. The zero-order valence-electron chi connectivity index (χ0n) is 39.8. The molecule has 0 N–H and O–H groups in total. The van der Waals surface area contributed by atoms with Crippen LogP contribution < -0.4 is 4.90 Å². The maximum absolute atomic E-state index is 2.40. The molecule has 14 rings (SSSR count). The van der Waals surface area contributed by atoms with Crippen LogP contribution in [-0.4, -0.2) is 0 Å². The molecule has 0 amide bonds. The minimum atomic E-state index is -0.381. The molecule has 0 saturated heterocycles. The first-order valence-electron chi connectivity index (χ1n) is 24.9. The lowest BCUT2D eigenvalue weighted by molar-refractivity contribution is 0.660. The Bertz CT molecular complexity index is 3810. The molecule has 3 aliphatic rings. The maximum atomic E-state index is 2.40. The number of hydrogen-bond donors (Lipinski definition) is 0. The van der Waals surface area contributed by atoms with Crippen LogP contribution in [0.2, 0.25) is 0 Å². The summed E-state index contributed by atoms with van der Waals surface area (Å²) < 4.78 is 0. The van der Waals surface area contributed by atoms with Gasteiger partial charge in [0.15, 0.2) is 0 Å². The van der Waals surface area contributed by atoms with E-state index in [1.54, 1.807) is 0 Å². The lowest BCUT2D eigenvalue weighted by atomic mass is 9.70. The SMILES string of the molecule is CC1(C)c2ccccc2-c2c(-c3ccc(N(c4ccc(-c5ccc(-c6ccccc6)cc5)cc4)c4ccc(-c5cccc6c5-c5ccccc5C65c6ccccc6-c6ccccc65)cc4)cc3)cccc21. The fraction of sp³-hybridized carbons (Fsp3) is 0.0571. The Morgan fingerprint density at radius 2 is 0.535 bits per heavy atom. The summed E-state index contributed by atoms with van der Waals surface area (Å²) in [5.74, 6) is 0. The zero-order chi connectivity index (χ0) is 47.3. The predicted octanol–water partition coefficient (Wildman–Crippen LogP) is 18.5. The van der Waals surface area contributed by atoms with Crippen molar-refractivity contribution in [1.29, 1.82) is 0 Å². The third-order valence-electron chi connectivity index (χ3n) is 16.0. The van der Waals surface area contributed by atoms with Crippen molar-refractivity contribution in [2.75, 3.05) is 4.90 Å². The third-order valence-corrected chi connectivity index (χ3v) is 16.0. The van der Waals surface area contributed by atoms with E-state index in [-0.39, 0.29) is 10.8 Å². The first kappa shape index (κ1) is 41.2. The molecule has 0 aliphatic heterocycles. The van der Waals surface area contributed by atoms with Crippen LogP contribution in [0.4, 0.5) is 17.1 Å². The Morgan fingerprint density at radius 1 is 0.225 bits per heavy atom. The molecule has 1 nitrogen and oxygen atoms in total. The summed E-state index contributed by atoms with van der Waals surface area (Å²) in [4.78, 5) is 2.40. The molecule has 0 radical (unpaired) electrons. The third kappa shape index (κ3) is 6.13. The Labute approximate surface area is 416 Å². The van der Waals surface area contributed by atoms with Gasteiger partial charge in [-0.25, -0.2) is 0 Å². The molecule has 0 heterocycles. The number of rotatable bonds is 7. The molecule has 0 saturated carbocycles. The van der Waals surface area contributed by atoms with E-state index in [4.69, 9.17) is 0 Å². The summed E-state index contributed by atoms with van der Waals surface area (Å²) in [7, 11) is 0. The van der Waals surface area contributed by atoms with E-state index in [2.05, 4.69) is 280 Å². The predicted molar refractivity (Wildman–Crippen MR) is 297 cm³/mol. The number of anilines is 3. The van der Waals surface area contributed by atoms with Crippen molar-refractivity contribution in [2.45, 2.75) is 24.7 Å². The molecule has 71 heavy (non-hydrogen) atoms. The standard InChI is InChI=1S/C70H49N/c1-69(2)61-24-10-8-20-59(61)67-55(22-14-28-65(67)69)50-36-42-53(43-37-50)71(52-40-34-49(35-41-52)48-32-30-47(31-33-48)46-16-4-3-5-17-46)54-44-38-51(39-45-54)56-23-15-29-66-68(56)60-21-9-13-27-64(60)70(66)62-25-11-6-18-57(62)58-19-7-12-26-63(58)70/h3-45H,1-2H3. The second-order valence-corrected chi connectivity index (χ2v) is 19.9. The Kier molecular flexibility index (Phi) is 9.22. The second kappa shape index (κ2) is 15.9. The number of fused-ring (bicyclic) bond motifs is 13. The van der Waals surface area contributed by atoms with Gasteiger partial charge in [-0.2, -0.15) is 0 Å². The average Bonchev–Trinajstić information content (AvgIpc) is 4.02. The van der Waals surface area contributed by atoms with Gasteiger partial charge in [0, 0.05) is 22.5 Å². The van der Waals surface area contributed by atoms with Crippen LogP contribution in [0.15, 0.2) is 261 Å². The van der Waals surface area contributed by atoms with Gasteiger partial charge < -0.3 is 4.90 Å². The van der Waals surface area contributed by atoms with Gasteiger partial charge in [-0.1, -0.05) is 238 Å². The molecule has 0 bridgehead atoms. The molecule has 0 unspecified atom stereocenters. The van der Waals surface area contributed by atoms with Gasteiger partial charge in [0.1, 0.15) is 0 Å². The van der Waals surface area contributed by atoms with Gasteiger partial charge in [0.05, 0.1) is 5.41 Å². The van der Waals surface area contributed by atoms with Crippen molar-refractivity contribution in [2.24, 2.45) is 0 Å². The van der Waals surface area contributed by atoms with Crippen molar-refractivity contribution in [3.63, 3.8) is 0 Å². The van der Waals surface area contributed by atoms with Gasteiger partial charge >= 0.3 is 0 Å². The van der Waals surface area contributed by atoms with Gasteiger partial charge in [-0.05, 0) is 148 Å². The van der Waals surface area contributed by atoms with Crippen LogP contribution in [-0.2, 0) is 10.8 Å². The van der Waals surface area contributed by atoms with E-state index in [1.165, 1.54) is 111 Å². The quantitative estimate of drug-likeness (QED) is 0.154. The smallest absolute Gasteiger partial charge is 0.0725 e. The van der Waals surface area contributed by atoms with Crippen molar-refractivity contribution < 1.29 is 0 Å². The number of hydrogen-bond acceptors (Lipinski definition) is 1. The molecular weight excluding hydrogens is 855 g/mol. The summed E-state index contributed by atoms with van der Waals surface area (Å²) >= 11 is 0. The first-order valence-corrected chi connectivity index (χ1v) is 24.9. The molecule has 0 fully saturated rings. The van der Waals surface area contributed by atoms with E-state index < -0.39 is 0 Å². The van der Waals surface area contributed by atoms with Gasteiger partial charge in [0.25, 0.3) is 0 Å². The fourth-order valence-corrected chi connectivity index (χ4v) is 12.7. The zero-order valence-corrected chi connectivity index (χ0v) is 39.8. The van der Waals surface area contributed by atoms with Crippen LogP contribution in [0.5, 0.6) is 0 Å². The highest BCUT2D eigenvalue weighted by molar-refractivity contribution is 6.00. The summed E-state index contributed by atoms with van der Waals surface area (Å²) in [5, 5.41) is 0.